The molecule has 2 aromatic rings. The average molecular weight is 336 g/mol. The normalized spacial score (nSPS) is 13.5. The predicted octanol–water partition coefficient (Wildman–Crippen LogP) is 4.04. The first kappa shape index (κ1) is 15.3. The van der Waals surface area contributed by atoms with Gasteiger partial charge in [0.2, 0.25) is 0 Å². The topological polar surface area (TPSA) is 54.0 Å². The SMILES string of the molecule is O=C(NCCc1nc2c(s1)CCCC2)Nc1ccc(Cl)cc1. The Morgan fingerprint density at radius 1 is 1.23 bits per heavy atom. The van der Waals surface area contributed by atoms with Gasteiger partial charge in [-0.05, 0) is 49.9 Å². The van der Waals surface area contributed by atoms with Crippen molar-refractivity contribution in [3.63, 3.8) is 0 Å². The van der Waals surface area contributed by atoms with Crippen molar-refractivity contribution < 1.29 is 4.79 Å². The first-order valence-electron chi connectivity index (χ1n) is 7.48. The van der Waals surface area contributed by atoms with Crippen molar-refractivity contribution in [2.24, 2.45) is 0 Å². The summed E-state index contributed by atoms with van der Waals surface area (Å²) < 4.78 is 0. The number of aromatic nitrogens is 1. The van der Waals surface area contributed by atoms with Crippen LogP contribution in [0.3, 0.4) is 0 Å². The van der Waals surface area contributed by atoms with E-state index < -0.39 is 0 Å². The van der Waals surface area contributed by atoms with E-state index in [1.165, 1.54) is 23.4 Å². The Kier molecular flexibility index (Phi) is 4.95. The van der Waals surface area contributed by atoms with Crippen molar-refractivity contribution in [1.29, 1.82) is 0 Å². The molecule has 1 aliphatic carbocycles. The minimum absolute atomic E-state index is 0.205. The van der Waals surface area contributed by atoms with E-state index in [2.05, 4.69) is 15.6 Å². The summed E-state index contributed by atoms with van der Waals surface area (Å²) in [7, 11) is 0. The van der Waals surface area contributed by atoms with E-state index in [1.54, 1.807) is 35.6 Å². The fourth-order valence-corrected chi connectivity index (χ4v) is 3.79. The third-order valence-electron chi connectivity index (χ3n) is 3.62. The van der Waals surface area contributed by atoms with Crippen LogP contribution in [0.25, 0.3) is 0 Å². The fraction of sp³-hybridized carbons (Fsp3) is 0.375. The largest absolute Gasteiger partial charge is 0.337 e. The molecule has 3 rings (SSSR count). The third kappa shape index (κ3) is 3.99. The predicted molar refractivity (Wildman–Crippen MR) is 90.9 cm³/mol. The molecule has 0 saturated carbocycles. The smallest absolute Gasteiger partial charge is 0.319 e. The molecule has 1 heterocycles. The summed E-state index contributed by atoms with van der Waals surface area (Å²) >= 11 is 7.60. The lowest BCUT2D eigenvalue weighted by molar-refractivity contribution is 0.252. The van der Waals surface area contributed by atoms with E-state index in [-0.39, 0.29) is 6.03 Å². The van der Waals surface area contributed by atoms with Gasteiger partial charge >= 0.3 is 6.03 Å². The van der Waals surface area contributed by atoms with Gasteiger partial charge < -0.3 is 10.6 Å². The van der Waals surface area contributed by atoms with Crippen molar-refractivity contribution in [3.8, 4) is 0 Å². The quantitative estimate of drug-likeness (QED) is 0.886. The first-order chi connectivity index (χ1) is 10.7. The molecule has 1 aromatic heterocycles. The lowest BCUT2D eigenvalue weighted by Crippen LogP contribution is -2.30. The lowest BCUT2D eigenvalue weighted by atomic mass is 10.0. The Labute approximate surface area is 138 Å². The summed E-state index contributed by atoms with van der Waals surface area (Å²) in [6.45, 7) is 0.589. The number of hydrogen-bond acceptors (Lipinski definition) is 3. The second kappa shape index (κ2) is 7.11. The highest BCUT2D eigenvalue weighted by molar-refractivity contribution is 7.11. The third-order valence-corrected chi connectivity index (χ3v) is 5.09. The number of halogens is 1. The number of benzene rings is 1. The number of nitrogens with zero attached hydrogens (tertiary/aromatic N) is 1. The molecule has 1 aliphatic rings. The minimum Gasteiger partial charge on any atom is -0.337 e. The van der Waals surface area contributed by atoms with E-state index in [9.17, 15) is 4.79 Å². The highest BCUT2D eigenvalue weighted by Crippen LogP contribution is 2.26. The monoisotopic (exact) mass is 335 g/mol. The zero-order valence-corrected chi connectivity index (χ0v) is 13.8. The summed E-state index contributed by atoms with van der Waals surface area (Å²) in [5.74, 6) is 0. The van der Waals surface area contributed by atoms with Gasteiger partial charge in [0.1, 0.15) is 0 Å². The number of urea groups is 1. The maximum Gasteiger partial charge on any atom is 0.319 e. The molecule has 2 N–H and O–H groups in total. The molecule has 6 heteroatoms. The van der Waals surface area contributed by atoms with Crippen LogP contribution in [0.4, 0.5) is 10.5 Å². The Morgan fingerprint density at radius 3 is 2.77 bits per heavy atom. The van der Waals surface area contributed by atoms with Gasteiger partial charge in [-0.1, -0.05) is 11.6 Å². The number of rotatable bonds is 4. The van der Waals surface area contributed by atoms with Gasteiger partial charge in [-0.3, -0.25) is 0 Å². The molecule has 0 bridgehead atoms. The fourth-order valence-electron chi connectivity index (χ4n) is 2.50. The maximum atomic E-state index is 11.8. The van der Waals surface area contributed by atoms with Crippen molar-refractivity contribution in [2.75, 3.05) is 11.9 Å². The molecule has 0 radical (unpaired) electrons. The van der Waals surface area contributed by atoms with E-state index >= 15 is 0 Å². The summed E-state index contributed by atoms with van der Waals surface area (Å²) in [4.78, 5) is 17.9. The molecule has 0 spiro atoms. The summed E-state index contributed by atoms with van der Waals surface area (Å²) in [5.41, 5.74) is 2.00. The maximum absolute atomic E-state index is 11.8. The second-order valence-corrected chi connectivity index (χ2v) is 6.93. The van der Waals surface area contributed by atoms with Crippen LogP contribution in [0.5, 0.6) is 0 Å². The van der Waals surface area contributed by atoms with Crippen molar-refractivity contribution in [2.45, 2.75) is 32.1 Å². The molecular formula is C16H18ClN3OS. The summed E-state index contributed by atoms with van der Waals surface area (Å²) in [5, 5.41) is 7.41. The molecule has 0 unspecified atom stereocenters. The first-order valence-corrected chi connectivity index (χ1v) is 8.68. The van der Waals surface area contributed by atoms with Gasteiger partial charge in [0, 0.05) is 28.6 Å². The molecule has 2 amide bonds. The van der Waals surface area contributed by atoms with Gasteiger partial charge in [-0.2, -0.15) is 0 Å². The number of anilines is 1. The summed E-state index contributed by atoms with van der Waals surface area (Å²) in [6, 6.07) is 6.84. The van der Waals surface area contributed by atoms with Crippen molar-refractivity contribution in [1.82, 2.24) is 10.3 Å². The van der Waals surface area contributed by atoms with Crippen LogP contribution in [0, 0.1) is 0 Å². The minimum atomic E-state index is -0.205. The van der Waals surface area contributed by atoms with Crippen LogP contribution < -0.4 is 10.6 Å². The van der Waals surface area contributed by atoms with Crippen LogP contribution in [-0.2, 0) is 19.3 Å². The number of carbonyl (C=O) groups excluding carboxylic acids is 1. The molecular weight excluding hydrogens is 318 g/mol. The van der Waals surface area contributed by atoms with Crippen LogP contribution in [-0.4, -0.2) is 17.6 Å². The van der Waals surface area contributed by atoms with Gasteiger partial charge in [0.05, 0.1) is 10.7 Å². The van der Waals surface area contributed by atoms with Crippen LogP contribution in [0.2, 0.25) is 5.02 Å². The molecule has 22 heavy (non-hydrogen) atoms. The summed E-state index contributed by atoms with van der Waals surface area (Å²) in [6.07, 6.45) is 5.58. The zero-order valence-electron chi connectivity index (χ0n) is 12.2. The van der Waals surface area contributed by atoms with Crippen LogP contribution in [0.15, 0.2) is 24.3 Å². The van der Waals surface area contributed by atoms with Gasteiger partial charge in [-0.25, -0.2) is 9.78 Å². The highest BCUT2D eigenvalue weighted by Gasteiger charge is 2.14. The van der Waals surface area contributed by atoms with E-state index in [0.717, 1.165) is 30.0 Å². The number of aryl methyl sites for hydroxylation is 2. The second-order valence-electron chi connectivity index (χ2n) is 5.32. The van der Waals surface area contributed by atoms with E-state index in [1.807, 2.05) is 0 Å². The Hall–Kier alpha value is -1.59. The standard InChI is InChI=1S/C16H18ClN3OS/c17-11-5-7-12(8-6-11)19-16(21)18-10-9-15-20-13-3-1-2-4-14(13)22-15/h5-8H,1-4,9-10H2,(H2,18,19,21). The van der Waals surface area contributed by atoms with E-state index in [4.69, 9.17) is 11.6 Å². The highest BCUT2D eigenvalue weighted by atomic mass is 35.5. The lowest BCUT2D eigenvalue weighted by Gasteiger charge is -2.07. The number of thiazole rings is 1. The molecule has 116 valence electrons. The number of hydrogen-bond donors (Lipinski definition) is 2. The molecule has 0 fully saturated rings. The molecule has 0 atom stereocenters. The zero-order chi connectivity index (χ0) is 15.4. The average Bonchev–Trinajstić information content (AvgIpc) is 2.92. The Balaban J connectivity index is 1.45. The number of carbonyl (C=O) groups is 1. The Morgan fingerprint density at radius 2 is 2.00 bits per heavy atom. The van der Waals surface area contributed by atoms with Gasteiger partial charge in [0.25, 0.3) is 0 Å². The van der Waals surface area contributed by atoms with Gasteiger partial charge in [-0.15, -0.1) is 11.3 Å². The van der Waals surface area contributed by atoms with Crippen molar-refractivity contribution in [3.05, 3.63) is 44.9 Å². The number of amides is 2. The number of nitrogens with one attached hydrogen (secondary N) is 2. The molecule has 4 nitrogen and oxygen atoms in total. The number of fused-ring (bicyclic) bond motifs is 1. The van der Waals surface area contributed by atoms with E-state index in [0.29, 0.717) is 11.6 Å². The van der Waals surface area contributed by atoms with Crippen molar-refractivity contribution >= 4 is 34.7 Å². The van der Waals surface area contributed by atoms with Gasteiger partial charge in [0.15, 0.2) is 0 Å². The molecule has 0 aliphatic heterocycles. The molecule has 1 aromatic carbocycles. The van der Waals surface area contributed by atoms with Crippen LogP contribution in [0.1, 0.15) is 28.4 Å². The Bertz CT molecular complexity index is 630. The molecule has 0 saturated heterocycles. The van der Waals surface area contributed by atoms with Crippen LogP contribution >= 0.6 is 22.9 Å².